The number of ketones is 1. The first-order valence-corrected chi connectivity index (χ1v) is 6.46. The Morgan fingerprint density at radius 2 is 1.68 bits per heavy atom. The van der Waals surface area contributed by atoms with Crippen LogP contribution in [-0.2, 0) is 0 Å². The van der Waals surface area contributed by atoms with E-state index >= 15 is 0 Å². The monoisotopic (exact) mass is 324 g/mol. The average molecular weight is 325 g/mol. The van der Waals surface area contributed by atoms with E-state index in [1.807, 2.05) is 6.92 Å². The highest BCUT2D eigenvalue weighted by Gasteiger charge is 2.16. The number of carbonyl (C=O) groups excluding carboxylic acids is 1. The van der Waals surface area contributed by atoms with Crippen LogP contribution in [0.1, 0.15) is 27.0 Å². The van der Waals surface area contributed by atoms with Gasteiger partial charge in [0.1, 0.15) is 11.6 Å². The van der Waals surface area contributed by atoms with E-state index in [0.717, 1.165) is 16.1 Å². The summed E-state index contributed by atoms with van der Waals surface area (Å²) in [5, 5.41) is 0. The zero-order chi connectivity index (χ0) is 14.2. The maximum Gasteiger partial charge on any atom is 0.195 e. The number of halogens is 3. The van der Waals surface area contributed by atoms with Crippen molar-refractivity contribution in [3.63, 3.8) is 0 Å². The molecule has 0 atom stereocenters. The molecule has 1 nitrogen and oxygen atoms in total. The van der Waals surface area contributed by atoms with Crippen LogP contribution >= 0.6 is 15.9 Å². The van der Waals surface area contributed by atoms with Gasteiger partial charge in [0.05, 0.1) is 5.56 Å². The lowest BCUT2D eigenvalue weighted by atomic mass is 9.99. The van der Waals surface area contributed by atoms with Crippen molar-refractivity contribution in [2.45, 2.75) is 13.8 Å². The summed E-state index contributed by atoms with van der Waals surface area (Å²) in [5.74, 6) is -1.94. The highest BCUT2D eigenvalue weighted by molar-refractivity contribution is 9.10. The molecule has 0 radical (unpaired) electrons. The van der Waals surface area contributed by atoms with E-state index in [4.69, 9.17) is 0 Å². The molecule has 2 aromatic rings. The Morgan fingerprint density at radius 1 is 1.00 bits per heavy atom. The fourth-order valence-electron chi connectivity index (χ4n) is 1.77. The smallest absolute Gasteiger partial charge is 0.195 e. The van der Waals surface area contributed by atoms with E-state index in [-0.39, 0.29) is 11.1 Å². The third-order valence-corrected chi connectivity index (χ3v) is 3.80. The van der Waals surface area contributed by atoms with Gasteiger partial charge in [0.15, 0.2) is 5.78 Å². The standard InChI is InChI=1S/C15H11BrF2O/c1-8-5-10(3-4-12(8)16)15(19)11-6-9(2)13(17)7-14(11)18/h3-7H,1-2H3. The molecular formula is C15H11BrF2O. The summed E-state index contributed by atoms with van der Waals surface area (Å²) in [6.07, 6.45) is 0. The Balaban J connectivity index is 2.49. The lowest BCUT2D eigenvalue weighted by Gasteiger charge is -2.07. The van der Waals surface area contributed by atoms with Crippen LogP contribution in [0, 0.1) is 25.5 Å². The van der Waals surface area contributed by atoms with Gasteiger partial charge >= 0.3 is 0 Å². The van der Waals surface area contributed by atoms with Gasteiger partial charge in [-0.3, -0.25) is 4.79 Å². The minimum Gasteiger partial charge on any atom is -0.288 e. The van der Waals surface area contributed by atoms with E-state index in [1.165, 1.54) is 13.0 Å². The van der Waals surface area contributed by atoms with Crippen LogP contribution in [0.25, 0.3) is 0 Å². The summed E-state index contributed by atoms with van der Waals surface area (Å²) < 4.78 is 27.7. The maximum absolute atomic E-state index is 13.7. The van der Waals surface area contributed by atoms with Crippen molar-refractivity contribution in [3.8, 4) is 0 Å². The Morgan fingerprint density at radius 3 is 2.32 bits per heavy atom. The van der Waals surface area contributed by atoms with Gasteiger partial charge in [-0.25, -0.2) is 8.78 Å². The maximum atomic E-state index is 13.7. The van der Waals surface area contributed by atoms with Crippen molar-refractivity contribution in [3.05, 3.63) is 68.7 Å². The molecule has 0 unspecified atom stereocenters. The van der Waals surface area contributed by atoms with Crippen LogP contribution in [0.5, 0.6) is 0 Å². The number of hydrogen-bond donors (Lipinski definition) is 0. The average Bonchev–Trinajstić information content (AvgIpc) is 2.36. The lowest BCUT2D eigenvalue weighted by molar-refractivity contribution is 0.103. The number of hydrogen-bond acceptors (Lipinski definition) is 1. The summed E-state index contributed by atoms with van der Waals surface area (Å²) in [7, 11) is 0. The van der Waals surface area contributed by atoms with Crippen LogP contribution in [0.2, 0.25) is 0 Å². The van der Waals surface area contributed by atoms with Crippen molar-refractivity contribution in [2.75, 3.05) is 0 Å². The Hall–Kier alpha value is -1.55. The Kier molecular flexibility index (Phi) is 3.80. The molecule has 2 rings (SSSR count). The van der Waals surface area contributed by atoms with Crippen LogP contribution in [-0.4, -0.2) is 5.78 Å². The largest absolute Gasteiger partial charge is 0.288 e. The van der Waals surface area contributed by atoms with Gasteiger partial charge in [0, 0.05) is 16.1 Å². The van der Waals surface area contributed by atoms with Gasteiger partial charge in [0.25, 0.3) is 0 Å². The molecule has 0 aliphatic carbocycles. The molecule has 0 aliphatic rings. The molecule has 0 aliphatic heterocycles. The zero-order valence-corrected chi connectivity index (χ0v) is 12.0. The fourth-order valence-corrected chi connectivity index (χ4v) is 2.02. The second kappa shape index (κ2) is 5.21. The van der Waals surface area contributed by atoms with Crippen LogP contribution in [0.4, 0.5) is 8.78 Å². The van der Waals surface area contributed by atoms with Crippen molar-refractivity contribution < 1.29 is 13.6 Å². The van der Waals surface area contributed by atoms with E-state index < -0.39 is 17.4 Å². The van der Waals surface area contributed by atoms with Gasteiger partial charge < -0.3 is 0 Å². The first-order valence-electron chi connectivity index (χ1n) is 5.66. The summed E-state index contributed by atoms with van der Waals surface area (Å²) >= 11 is 3.34. The number of carbonyl (C=O) groups is 1. The van der Waals surface area contributed by atoms with Crippen molar-refractivity contribution in [1.82, 2.24) is 0 Å². The molecule has 4 heteroatoms. The quantitative estimate of drug-likeness (QED) is 0.739. The molecule has 2 aromatic carbocycles. The van der Waals surface area contributed by atoms with Gasteiger partial charge in [-0.15, -0.1) is 0 Å². The summed E-state index contributed by atoms with van der Waals surface area (Å²) in [5.41, 5.74) is 1.40. The topological polar surface area (TPSA) is 17.1 Å². The summed E-state index contributed by atoms with van der Waals surface area (Å²) in [6.45, 7) is 3.34. The molecular weight excluding hydrogens is 314 g/mol. The van der Waals surface area contributed by atoms with Crippen LogP contribution in [0.3, 0.4) is 0 Å². The minimum absolute atomic E-state index is 0.111. The molecule has 19 heavy (non-hydrogen) atoms. The normalized spacial score (nSPS) is 10.6. The molecule has 0 spiro atoms. The second-order valence-electron chi connectivity index (χ2n) is 4.37. The SMILES string of the molecule is Cc1cc(C(=O)c2ccc(Br)c(C)c2)c(F)cc1F. The number of aryl methyl sites for hydroxylation is 2. The molecule has 0 fully saturated rings. The van der Waals surface area contributed by atoms with Crippen molar-refractivity contribution in [2.24, 2.45) is 0 Å². The molecule has 0 bridgehead atoms. The Bertz CT molecular complexity index is 665. The zero-order valence-electron chi connectivity index (χ0n) is 10.4. The number of rotatable bonds is 2. The molecule has 0 saturated heterocycles. The van der Waals surface area contributed by atoms with Crippen molar-refractivity contribution >= 4 is 21.7 Å². The van der Waals surface area contributed by atoms with Gasteiger partial charge in [-0.2, -0.15) is 0 Å². The molecule has 0 N–H and O–H groups in total. The van der Waals surface area contributed by atoms with Crippen LogP contribution in [0.15, 0.2) is 34.8 Å². The highest BCUT2D eigenvalue weighted by atomic mass is 79.9. The third-order valence-electron chi connectivity index (χ3n) is 2.91. The van der Waals surface area contributed by atoms with E-state index in [1.54, 1.807) is 18.2 Å². The van der Waals surface area contributed by atoms with Gasteiger partial charge in [-0.1, -0.05) is 15.9 Å². The highest BCUT2D eigenvalue weighted by Crippen LogP contribution is 2.21. The molecule has 0 amide bonds. The molecule has 0 aromatic heterocycles. The summed E-state index contributed by atoms with van der Waals surface area (Å²) in [4.78, 5) is 12.2. The van der Waals surface area contributed by atoms with E-state index in [9.17, 15) is 13.6 Å². The third kappa shape index (κ3) is 2.73. The first-order chi connectivity index (χ1) is 8.90. The lowest BCUT2D eigenvalue weighted by Crippen LogP contribution is -2.06. The second-order valence-corrected chi connectivity index (χ2v) is 5.23. The summed E-state index contributed by atoms with van der Waals surface area (Å²) in [6, 6.07) is 7.00. The predicted octanol–water partition coefficient (Wildman–Crippen LogP) is 4.58. The van der Waals surface area contributed by atoms with Gasteiger partial charge in [0.2, 0.25) is 0 Å². The molecule has 0 heterocycles. The predicted molar refractivity (Wildman–Crippen MR) is 73.4 cm³/mol. The van der Waals surface area contributed by atoms with Crippen molar-refractivity contribution in [1.29, 1.82) is 0 Å². The first kappa shape index (κ1) is 13.9. The van der Waals surface area contributed by atoms with E-state index in [2.05, 4.69) is 15.9 Å². The van der Waals surface area contributed by atoms with E-state index in [0.29, 0.717) is 5.56 Å². The molecule has 98 valence electrons. The fraction of sp³-hybridized carbons (Fsp3) is 0.133. The number of benzene rings is 2. The van der Waals surface area contributed by atoms with Crippen LogP contribution < -0.4 is 0 Å². The molecule has 0 saturated carbocycles. The van der Waals surface area contributed by atoms with Gasteiger partial charge in [-0.05, 0) is 49.2 Å². The minimum atomic E-state index is -0.839. The Labute approximate surface area is 118 Å².